The summed E-state index contributed by atoms with van der Waals surface area (Å²) in [4.78, 5) is 21.5. The van der Waals surface area contributed by atoms with E-state index in [4.69, 9.17) is 4.42 Å². The summed E-state index contributed by atoms with van der Waals surface area (Å²) >= 11 is 0. The normalized spacial score (nSPS) is 15.6. The monoisotopic (exact) mass is 322 g/mol. The molecule has 7 nitrogen and oxygen atoms in total. The van der Waals surface area contributed by atoms with Crippen LogP contribution in [0.1, 0.15) is 5.76 Å². The lowest BCUT2D eigenvalue weighted by Crippen LogP contribution is -2.46. The first kappa shape index (κ1) is 14.8. The topological polar surface area (TPSA) is 71.2 Å². The highest BCUT2D eigenvalue weighted by molar-refractivity contribution is 5.50. The maximum Gasteiger partial charge on any atom is 0.225 e. The molecule has 7 heteroatoms. The molecule has 3 aromatic rings. The van der Waals surface area contributed by atoms with Crippen LogP contribution in [0.5, 0.6) is 0 Å². The smallest absolute Gasteiger partial charge is 0.225 e. The van der Waals surface area contributed by atoms with Crippen molar-refractivity contribution in [1.82, 2.24) is 24.8 Å². The van der Waals surface area contributed by atoms with Crippen LogP contribution in [0.2, 0.25) is 0 Å². The van der Waals surface area contributed by atoms with Crippen LogP contribution in [-0.2, 0) is 6.54 Å². The maximum atomic E-state index is 5.90. The van der Waals surface area contributed by atoms with Gasteiger partial charge in [0.25, 0.3) is 0 Å². The first-order valence-electron chi connectivity index (χ1n) is 7.98. The molecule has 1 aliphatic heterocycles. The molecule has 0 aliphatic carbocycles. The maximum absolute atomic E-state index is 5.90. The number of furan rings is 1. The molecular formula is C17H18N6O. The van der Waals surface area contributed by atoms with Gasteiger partial charge in [0.1, 0.15) is 11.5 Å². The largest absolute Gasteiger partial charge is 0.458 e. The van der Waals surface area contributed by atoms with Gasteiger partial charge < -0.3 is 9.32 Å². The van der Waals surface area contributed by atoms with Gasteiger partial charge in [0.05, 0.1) is 12.7 Å². The molecule has 0 aromatic carbocycles. The average Bonchev–Trinajstić information content (AvgIpc) is 3.12. The third-order valence-corrected chi connectivity index (χ3v) is 4.06. The van der Waals surface area contributed by atoms with Gasteiger partial charge in [-0.05, 0) is 18.2 Å². The minimum Gasteiger partial charge on any atom is -0.458 e. The Bertz CT molecular complexity index is 768. The summed E-state index contributed by atoms with van der Waals surface area (Å²) in [5, 5.41) is 0. The molecular weight excluding hydrogens is 304 g/mol. The number of rotatable bonds is 4. The Morgan fingerprint density at radius 3 is 2.50 bits per heavy atom. The van der Waals surface area contributed by atoms with Gasteiger partial charge in [0.15, 0.2) is 5.76 Å². The van der Waals surface area contributed by atoms with Gasteiger partial charge in [-0.2, -0.15) is 0 Å². The first-order chi connectivity index (χ1) is 11.9. The fraction of sp³-hybridized carbons (Fsp3) is 0.294. The highest BCUT2D eigenvalue weighted by Crippen LogP contribution is 2.20. The fourth-order valence-electron chi connectivity index (χ4n) is 2.81. The molecule has 0 unspecified atom stereocenters. The van der Waals surface area contributed by atoms with Crippen molar-refractivity contribution in [2.75, 3.05) is 31.1 Å². The molecule has 1 saturated heterocycles. The Balaban J connectivity index is 1.35. The van der Waals surface area contributed by atoms with Gasteiger partial charge in [-0.25, -0.2) is 15.0 Å². The quantitative estimate of drug-likeness (QED) is 0.726. The SMILES string of the molecule is c1cnc(N2CCN(Cc3ccc(-c4cnccn4)o3)CC2)nc1. The van der Waals surface area contributed by atoms with Crippen molar-refractivity contribution < 1.29 is 4.42 Å². The molecule has 4 heterocycles. The van der Waals surface area contributed by atoms with E-state index in [0.29, 0.717) is 0 Å². The summed E-state index contributed by atoms with van der Waals surface area (Å²) in [7, 11) is 0. The Hall–Kier alpha value is -2.80. The van der Waals surface area contributed by atoms with Crippen LogP contribution in [0.15, 0.2) is 53.6 Å². The summed E-state index contributed by atoms with van der Waals surface area (Å²) in [6, 6.07) is 5.80. The van der Waals surface area contributed by atoms with E-state index in [-0.39, 0.29) is 0 Å². The predicted octanol–water partition coefficient (Wildman–Crippen LogP) is 1.85. The van der Waals surface area contributed by atoms with Crippen LogP contribution >= 0.6 is 0 Å². The number of anilines is 1. The minimum atomic E-state index is 0.759. The van der Waals surface area contributed by atoms with E-state index < -0.39 is 0 Å². The minimum absolute atomic E-state index is 0.759. The molecule has 0 atom stereocenters. The van der Waals surface area contributed by atoms with Crippen molar-refractivity contribution in [2.45, 2.75) is 6.54 Å². The summed E-state index contributed by atoms with van der Waals surface area (Å²) in [6.07, 6.45) is 8.60. The lowest BCUT2D eigenvalue weighted by Gasteiger charge is -2.34. The molecule has 0 N–H and O–H groups in total. The van der Waals surface area contributed by atoms with E-state index in [2.05, 4.69) is 29.7 Å². The molecule has 1 aliphatic rings. The highest BCUT2D eigenvalue weighted by atomic mass is 16.3. The van der Waals surface area contributed by atoms with Gasteiger partial charge in [-0.15, -0.1) is 0 Å². The molecule has 0 radical (unpaired) electrons. The van der Waals surface area contributed by atoms with Crippen LogP contribution in [0.3, 0.4) is 0 Å². The van der Waals surface area contributed by atoms with Crippen LogP contribution in [0.25, 0.3) is 11.5 Å². The zero-order chi connectivity index (χ0) is 16.2. The van der Waals surface area contributed by atoms with Gasteiger partial charge in [0, 0.05) is 51.0 Å². The van der Waals surface area contributed by atoms with E-state index in [0.717, 1.165) is 55.9 Å². The molecule has 1 fully saturated rings. The molecule has 0 spiro atoms. The fourth-order valence-corrected chi connectivity index (χ4v) is 2.81. The van der Waals surface area contributed by atoms with Crippen molar-refractivity contribution in [3.63, 3.8) is 0 Å². The van der Waals surface area contributed by atoms with Gasteiger partial charge in [0.2, 0.25) is 5.95 Å². The van der Waals surface area contributed by atoms with Crippen molar-refractivity contribution >= 4 is 5.95 Å². The summed E-state index contributed by atoms with van der Waals surface area (Å²) in [5.74, 6) is 2.51. The number of aromatic nitrogens is 4. The highest BCUT2D eigenvalue weighted by Gasteiger charge is 2.19. The molecule has 0 amide bonds. The second-order valence-electron chi connectivity index (χ2n) is 5.67. The van der Waals surface area contributed by atoms with E-state index >= 15 is 0 Å². The summed E-state index contributed by atoms with van der Waals surface area (Å²) in [5.41, 5.74) is 0.759. The van der Waals surface area contributed by atoms with Crippen molar-refractivity contribution in [3.05, 3.63) is 54.9 Å². The standard InChI is InChI=1S/C17H18N6O/c1-4-20-17(21-5-1)23-10-8-22(9-11-23)13-14-2-3-16(24-14)15-12-18-6-7-19-15/h1-7,12H,8-11,13H2. The molecule has 4 rings (SSSR count). The van der Waals surface area contributed by atoms with Gasteiger partial charge in [-0.1, -0.05) is 0 Å². The van der Waals surface area contributed by atoms with Crippen LogP contribution < -0.4 is 4.90 Å². The molecule has 122 valence electrons. The van der Waals surface area contributed by atoms with E-state index in [9.17, 15) is 0 Å². The third kappa shape index (κ3) is 3.26. The van der Waals surface area contributed by atoms with Crippen LogP contribution in [-0.4, -0.2) is 51.0 Å². The van der Waals surface area contributed by atoms with Gasteiger partial charge in [-0.3, -0.25) is 9.88 Å². The van der Waals surface area contributed by atoms with E-state index in [1.807, 2.05) is 18.2 Å². The van der Waals surface area contributed by atoms with Crippen LogP contribution in [0.4, 0.5) is 5.95 Å². The zero-order valence-corrected chi connectivity index (χ0v) is 13.2. The zero-order valence-electron chi connectivity index (χ0n) is 13.2. The number of nitrogens with zero attached hydrogens (tertiary/aromatic N) is 6. The first-order valence-corrected chi connectivity index (χ1v) is 7.98. The number of hydrogen-bond donors (Lipinski definition) is 0. The summed E-state index contributed by atoms with van der Waals surface area (Å²) in [6.45, 7) is 4.55. The molecule has 0 bridgehead atoms. The van der Waals surface area contributed by atoms with Crippen LogP contribution in [0, 0.1) is 0 Å². The van der Waals surface area contributed by atoms with Crippen molar-refractivity contribution in [3.8, 4) is 11.5 Å². The molecule has 3 aromatic heterocycles. The molecule has 24 heavy (non-hydrogen) atoms. The number of hydrogen-bond acceptors (Lipinski definition) is 7. The number of piperazine rings is 1. The Kier molecular flexibility index (Phi) is 4.16. The lowest BCUT2D eigenvalue weighted by molar-refractivity contribution is 0.230. The predicted molar refractivity (Wildman–Crippen MR) is 89.3 cm³/mol. The van der Waals surface area contributed by atoms with Crippen molar-refractivity contribution in [1.29, 1.82) is 0 Å². The van der Waals surface area contributed by atoms with Gasteiger partial charge >= 0.3 is 0 Å². The average molecular weight is 322 g/mol. The Labute approximate surface area is 140 Å². The molecule has 0 saturated carbocycles. The Morgan fingerprint density at radius 1 is 0.917 bits per heavy atom. The van der Waals surface area contributed by atoms with Crippen molar-refractivity contribution in [2.24, 2.45) is 0 Å². The van der Waals surface area contributed by atoms with E-state index in [1.165, 1.54) is 0 Å². The second kappa shape index (κ2) is 6.76. The van der Waals surface area contributed by atoms with E-state index in [1.54, 1.807) is 31.0 Å². The lowest BCUT2D eigenvalue weighted by atomic mass is 10.3. The Morgan fingerprint density at radius 2 is 1.75 bits per heavy atom. The second-order valence-corrected chi connectivity index (χ2v) is 5.67. The third-order valence-electron chi connectivity index (χ3n) is 4.06. The summed E-state index contributed by atoms with van der Waals surface area (Å²) < 4.78 is 5.90.